The van der Waals surface area contributed by atoms with Gasteiger partial charge < -0.3 is 0 Å². The molecule has 0 spiro atoms. The molecule has 0 N–H and O–H groups in total. The zero-order chi connectivity index (χ0) is 53.6. The summed E-state index contributed by atoms with van der Waals surface area (Å²) in [6, 6.07) is 112. The number of benzene rings is 14. The van der Waals surface area contributed by atoms with Crippen LogP contribution < -0.4 is 0 Å². The van der Waals surface area contributed by atoms with E-state index in [2.05, 4.69) is 291 Å². The minimum absolute atomic E-state index is 0.708. The molecule has 0 radical (unpaired) electrons. The van der Waals surface area contributed by atoms with Crippen molar-refractivity contribution in [3.8, 4) is 43.5 Å². The zero-order valence-electron chi connectivity index (χ0n) is 44.5. The first-order valence-electron chi connectivity index (χ1n) is 28.3. The number of fused-ring (bicyclic) bond motifs is 17. The second-order valence-electron chi connectivity index (χ2n) is 22.0. The van der Waals surface area contributed by atoms with Gasteiger partial charge in [-0.1, -0.05) is 261 Å². The van der Waals surface area contributed by atoms with Gasteiger partial charge in [-0.05, 0) is 180 Å². The molecule has 0 aliphatic heterocycles. The maximum absolute atomic E-state index is 2.61. The molecule has 4 aromatic heterocycles. The maximum atomic E-state index is 2.61. The van der Waals surface area contributed by atoms with Crippen LogP contribution in [0.25, 0.3) is 160 Å². The summed E-state index contributed by atoms with van der Waals surface area (Å²) in [7, 11) is -2.98. The third-order valence-electron chi connectivity index (χ3n) is 17.7. The van der Waals surface area contributed by atoms with Crippen LogP contribution in [0.3, 0.4) is 0 Å². The fourth-order valence-corrected chi connectivity index (χ4v) is 24.7. The van der Waals surface area contributed by atoms with E-state index in [9.17, 15) is 0 Å². The molecule has 0 fully saturated rings. The van der Waals surface area contributed by atoms with Crippen molar-refractivity contribution in [2.75, 3.05) is 0 Å². The second-order valence-corrected chi connectivity index (χ2v) is 30.6. The van der Waals surface area contributed by atoms with Gasteiger partial charge >= 0.3 is 0 Å². The lowest BCUT2D eigenvalue weighted by Crippen LogP contribution is -1.89. The fraction of sp³-hybridized carbons (Fsp3) is 0. The highest BCUT2D eigenvalue weighted by molar-refractivity contribution is 7.70. The van der Waals surface area contributed by atoms with Crippen LogP contribution >= 0.6 is 30.1 Å². The Balaban J connectivity index is 0.883. The van der Waals surface area contributed by atoms with Gasteiger partial charge in [0.25, 0.3) is 0 Å². The van der Waals surface area contributed by atoms with Crippen LogP contribution in [0.1, 0.15) is 0 Å². The molecule has 14 aromatic carbocycles. The van der Waals surface area contributed by atoms with Gasteiger partial charge in [0.05, 0.1) is 0 Å². The van der Waals surface area contributed by atoms with E-state index < -0.39 is 30.1 Å². The lowest BCUT2D eigenvalue weighted by atomic mass is 9.87. The summed E-state index contributed by atoms with van der Waals surface area (Å²) in [5, 5.41) is 36.1. The fourth-order valence-electron chi connectivity index (χ4n) is 14.2. The second kappa shape index (κ2) is 18.3. The van der Waals surface area contributed by atoms with Crippen molar-refractivity contribution in [1.82, 2.24) is 0 Å². The van der Waals surface area contributed by atoms with Crippen LogP contribution in [0.4, 0.5) is 0 Å². The van der Waals surface area contributed by atoms with E-state index in [0.717, 1.165) is 0 Å². The minimum Gasteiger partial charge on any atom is -0.0772 e. The Hall–Kier alpha value is -8.94. The van der Waals surface area contributed by atoms with Crippen LogP contribution in [0, 0.1) is 0 Å². The normalized spacial score (nSPS) is 13.0. The summed E-state index contributed by atoms with van der Waals surface area (Å²) in [6.45, 7) is 0. The molecule has 4 atom stereocenters. The molecule has 0 saturated carbocycles. The van der Waals surface area contributed by atoms with Gasteiger partial charge in [0.2, 0.25) is 0 Å². The average Bonchev–Trinajstić information content (AvgIpc) is 2.32. The van der Waals surface area contributed by atoms with Crippen molar-refractivity contribution in [1.29, 1.82) is 0 Å². The first-order chi connectivity index (χ1) is 40.7. The van der Waals surface area contributed by atoms with Crippen LogP contribution in [0.15, 0.2) is 291 Å². The highest BCUT2D eigenvalue weighted by Gasteiger charge is 2.24. The first kappa shape index (κ1) is 46.8. The predicted octanol–water partition coefficient (Wildman–Crippen LogP) is 25.6. The minimum atomic E-state index is -0.781. The summed E-state index contributed by atoms with van der Waals surface area (Å²) in [5.41, 5.74) is 5.05. The average molecular weight is 1110 g/mol. The Bertz CT molecular complexity index is 5320. The lowest BCUT2D eigenvalue weighted by molar-refractivity contribution is 1.71. The molecule has 82 heavy (non-hydrogen) atoms. The first-order valence-corrected chi connectivity index (χ1v) is 33.7. The van der Waals surface area contributed by atoms with Gasteiger partial charge in [-0.25, -0.2) is 0 Å². The van der Waals surface area contributed by atoms with E-state index in [-0.39, 0.29) is 0 Å². The highest BCUT2D eigenvalue weighted by atomic mass is 31.1. The Morgan fingerprint density at radius 1 is 0.171 bits per heavy atom. The predicted molar refractivity (Wildman–Crippen MR) is 366 cm³/mol. The van der Waals surface area contributed by atoms with Crippen LogP contribution in [-0.2, 0) is 0 Å². The SMILES string of the molecule is c1ccc(-p2c3ccccc3c3cc4c(cc32)c2cc(-c3cc5cc(-c6ccc7c(c6)c6cc8c(cc6p7-c6ccccc6)c6ccccc6p8-c6ccccc6)c6ccccc6c5c5ccccc35)ccc2p4-c2ccccc2)cc1. The summed E-state index contributed by atoms with van der Waals surface area (Å²) in [6.07, 6.45) is 0. The quantitative estimate of drug-likeness (QED) is 0.146. The van der Waals surface area contributed by atoms with Gasteiger partial charge in [-0.2, -0.15) is 0 Å². The smallest absolute Gasteiger partial charge is 0.00751 e. The van der Waals surface area contributed by atoms with Crippen molar-refractivity contribution in [3.63, 3.8) is 0 Å². The molecule has 4 unspecified atom stereocenters. The molecule has 0 amide bonds. The molecule has 0 nitrogen and oxygen atoms in total. The molecule has 0 aliphatic rings. The Labute approximate surface area is 478 Å². The monoisotopic (exact) mass is 1110 g/mol. The van der Waals surface area contributed by atoms with Crippen LogP contribution in [0.2, 0.25) is 0 Å². The van der Waals surface area contributed by atoms with E-state index in [4.69, 9.17) is 0 Å². The zero-order valence-corrected chi connectivity index (χ0v) is 48.1. The molecular weight excluding hydrogens is 1060 g/mol. The molecule has 4 heterocycles. The van der Waals surface area contributed by atoms with Crippen molar-refractivity contribution >= 4 is 146 Å². The van der Waals surface area contributed by atoms with Gasteiger partial charge in [0.15, 0.2) is 0 Å². The number of hydrogen-bond donors (Lipinski definition) is 0. The number of hydrogen-bond acceptors (Lipinski definition) is 0. The molecule has 0 bridgehead atoms. The Morgan fingerprint density at radius 3 is 0.793 bits per heavy atom. The van der Waals surface area contributed by atoms with Crippen LogP contribution in [-0.4, -0.2) is 0 Å². The van der Waals surface area contributed by atoms with E-state index in [1.807, 2.05) is 0 Å². The van der Waals surface area contributed by atoms with Gasteiger partial charge in [0.1, 0.15) is 0 Å². The summed E-state index contributed by atoms with van der Waals surface area (Å²) < 4.78 is 0. The number of rotatable bonds is 6. The van der Waals surface area contributed by atoms with Crippen molar-refractivity contribution in [2.45, 2.75) is 0 Å². The van der Waals surface area contributed by atoms with Gasteiger partial charge in [-0.3, -0.25) is 0 Å². The topological polar surface area (TPSA) is 0 Å². The van der Waals surface area contributed by atoms with E-state index in [0.29, 0.717) is 0 Å². The molecule has 0 aliphatic carbocycles. The van der Waals surface area contributed by atoms with E-state index >= 15 is 0 Å². The molecule has 18 aromatic rings. The standard InChI is InChI=1S/C78H48P4/c1-5-21-52(22-6-1)79-70-35-19-17-31-58(70)66-45-76-68(47-74(66)79)64-41-49(37-39-72(64)81(76)54-25-9-3-10-26-54)62-43-51-44-63(57-30-14-16-34-61(57)78(51)60-33-15-13-29-56(60)62)50-38-40-73-65(42-50)69-48-75-67(46-77(69)82(73)55-27-11-4-12-28-55)59-32-18-20-36-71(59)80(75)53-23-7-2-8-24-53/h1-48H. The van der Waals surface area contributed by atoms with E-state index in [1.54, 1.807) is 0 Å². The third-order valence-corrected chi connectivity index (χ3v) is 27.8. The van der Waals surface area contributed by atoms with Crippen molar-refractivity contribution in [2.24, 2.45) is 0 Å². The third kappa shape index (κ3) is 6.89. The molecular formula is C78H48P4. The van der Waals surface area contributed by atoms with Crippen molar-refractivity contribution in [3.05, 3.63) is 291 Å². The summed E-state index contributed by atoms with van der Waals surface area (Å²) in [4.78, 5) is 0. The summed E-state index contributed by atoms with van der Waals surface area (Å²) in [5.74, 6) is 0. The molecule has 0 saturated heterocycles. The lowest BCUT2D eigenvalue weighted by Gasteiger charge is -2.16. The van der Waals surface area contributed by atoms with Gasteiger partial charge in [-0.15, -0.1) is 0 Å². The largest absolute Gasteiger partial charge is 0.0772 e. The Morgan fingerprint density at radius 2 is 0.439 bits per heavy atom. The van der Waals surface area contributed by atoms with Crippen molar-refractivity contribution < 1.29 is 0 Å². The maximum Gasteiger partial charge on any atom is 0.00751 e. The molecule has 18 rings (SSSR count). The van der Waals surface area contributed by atoms with E-state index in [1.165, 1.54) is 160 Å². The summed E-state index contributed by atoms with van der Waals surface area (Å²) >= 11 is 0. The van der Waals surface area contributed by atoms with Gasteiger partial charge in [0, 0.05) is 40.9 Å². The Kier molecular flexibility index (Phi) is 10.4. The van der Waals surface area contributed by atoms with Crippen LogP contribution in [0.5, 0.6) is 0 Å². The molecule has 4 heteroatoms. The highest BCUT2D eigenvalue weighted by Crippen LogP contribution is 2.63. The molecule has 380 valence electrons.